The van der Waals surface area contributed by atoms with Crippen LogP contribution in [0.4, 0.5) is 45.5 Å². The van der Waals surface area contributed by atoms with Gasteiger partial charge in [0.2, 0.25) is 5.91 Å². The van der Waals surface area contributed by atoms with Crippen molar-refractivity contribution in [2.75, 3.05) is 31.7 Å². The summed E-state index contributed by atoms with van der Waals surface area (Å²) in [5, 5.41) is 14.3. The molecule has 46 heavy (non-hydrogen) atoms. The van der Waals surface area contributed by atoms with Crippen molar-refractivity contribution in [1.82, 2.24) is 35.3 Å². The van der Waals surface area contributed by atoms with Gasteiger partial charge < -0.3 is 10.2 Å². The minimum absolute atomic E-state index is 0.00691. The van der Waals surface area contributed by atoms with E-state index in [0.717, 1.165) is 16.9 Å². The number of carbonyl (C=O) groups is 1. The number of hydrogen-bond acceptors (Lipinski definition) is 7. The van der Waals surface area contributed by atoms with Gasteiger partial charge in [-0.3, -0.25) is 14.6 Å². The smallest absolute Gasteiger partial charge is 0.342 e. The molecule has 250 valence electrons. The second-order valence-electron chi connectivity index (χ2n) is 11.5. The molecule has 18 heteroatoms. The highest BCUT2D eigenvalue weighted by Gasteiger charge is 2.56. The van der Waals surface area contributed by atoms with E-state index in [2.05, 4.69) is 20.7 Å². The van der Waals surface area contributed by atoms with Gasteiger partial charge in [-0.05, 0) is 65.7 Å². The summed E-state index contributed by atoms with van der Waals surface area (Å²) in [7, 11) is 3.16. The summed E-state index contributed by atoms with van der Waals surface area (Å²) in [5.41, 5.74) is -4.74. The second kappa shape index (κ2) is 11.7. The first-order valence-electron chi connectivity index (χ1n) is 14.0. The quantitative estimate of drug-likeness (QED) is 0.340. The third kappa shape index (κ3) is 6.49. The van der Waals surface area contributed by atoms with Crippen LogP contribution in [-0.2, 0) is 43.5 Å². The predicted octanol–water partition coefficient (Wildman–Crippen LogP) is 5.00. The normalized spacial score (nSPS) is 18.1. The van der Waals surface area contributed by atoms with E-state index >= 15 is 0 Å². The van der Waals surface area contributed by atoms with Crippen LogP contribution in [0.5, 0.6) is 0 Å². The first-order chi connectivity index (χ1) is 21.3. The number of benzene rings is 2. The second-order valence-corrected chi connectivity index (χ2v) is 11.5. The Balaban J connectivity index is 1.55. The van der Waals surface area contributed by atoms with Crippen LogP contribution in [0.1, 0.15) is 52.8 Å². The van der Waals surface area contributed by atoms with Gasteiger partial charge in [0, 0.05) is 32.2 Å². The zero-order valence-electron chi connectivity index (χ0n) is 24.7. The van der Waals surface area contributed by atoms with Crippen molar-refractivity contribution in [3.63, 3.8) is 0 Å². The molecule has 1 atom stereocenters. The summed E-state index contributed by atoms with van der Waals surface area (Å²) in [6.45, 7) is 1.73. The molecule has 1 amide bonds. The molecule has 3 aromatic rings. The van der Waals surface area contributed by atoms with Crippen LogP contribution < -0.4 is 10.2 Å². The van der Waals surface area contributed by atoms with E-state index in [4.69, 9.17) is 0 Å². The van der Waals surface area contributed by atoms with E-state index in [1.54, 1.807) is 7.05 Å². The number of amides is 1. The molecule has 1 N–H and O–H groups in total. The molecule has 2 saturated heterocycles. The minimum atomic E-state index is -5.10. The SMILES string of the molecule is CCC(c1ccc(C(F)(F)F)cc1CN(Cc1cc(C(F)(F)F)cc(C(F)(F)F)c1)c1nnn(C)n1)N1CC2(C1)C(=O)NCN2C. The lowest BCUT2D eigenvalue weighted by molar-refractivity contribution is -0.143. The van der Waals surface area contributed by atoms with Crippen LogP contribution in [0.2, 0.25) is 0 Å². The molecule has 2 aromatic carbocycles. The molecule has 2 fully saturated rings. The molecule has 2 aliphatic rings. The van der Waals surface area contributed by atoms with Gasteiger partial charge in [-0.1, -0.05) is 18.1 Å². The molecular formula is C28H29F9N8O. The topological polar surface area (TPSA) is 82.4 Å². The molecule has 0 saturated carbocycles. The average molecular weight is 665 g/mol. The number of nitrogens with one attached hydrogen (secondary N) is 1. The van der Waals surface area contributed by atoms with Crippen LogP contribution in [0.3, 0.4) is 0 Å². The Bertz CT molecular complexity index is 1560. The van der Waals surface area contributed by atoms with Gasteiger partial charge in [0.25, 0.3) is 5.95 Å². The highest BCUT2D eigenvalue weighted by atomic mass is 19.4. The molecule has 5 rings (SSSR count). The van der Waals surface area contributed by atoms with Gasteiger partial charge in [0.15, 0.2) is 0 Å². The summed E-state index contributed by atoms with van der Waals surface area (Å²) in [6, 6.07) is 3.74. The van der Waals surface area contributed by atoms with Crippen molar-refractivity contribution in [3.8, 4) is 0 Å². The molecule has 0 radical (unpaired) electrons. The number of carbonyl (C=O) groups excluding carboxylic acids is 1. The molecule has 0 aliphatic carbocycles. The van der Waals surface area contributed by atoms with Crippen molar-refractivity contribution in [1.29, 1.82) is 0 Å². The van der Waals surface area contributed by atoms with Crippen molar-refractivity contribution in [2.24, 2.45) is 7.05 Å². The van der Waals surface area contributed by atoms with Crippen LogP contribution >= 0.6 is 0 Å². The maximum Gasteiger partial charge on any atom is 0.416 e. The van der Waals surface area contributed by atoms with Gasteiger partial charge >= 0.3 is 18.5 Å². The Kier molecular flexibility index (Phi) is 8.50. The number of likely N-dealkylation sites (tertiary alicyclic amines) is 1. The monoisotopic (exact) mass is 664 g/mol. The average Bonchev–Trinajstić information content (AvgIpc) is 3.50. The van der Waals surface area contributed by atoms with E-state index in [-0.39, 0.29) is 23.5 Å². The summed E-state index contributed by atoms with van der Waals surface area (Å²) in [5.74, 6) is -0.384. The number of anilines is 1. The Labute approximate surface area is 256 Å². The standard InChI is InChI=1S/C28H29F9N8O/c1-4-22(45-13-25(14-45)23(46)38-15-42(25)2)21-6-5-18(26(29,30)31)9-17(21)12-44(24-39-41-43(3)40-24)11-16-7-19(27(32,33)34)10-20(8-16)28(35,36)37/h5-10,22H,4,11-15H2,1-3H3,(H,38,46). The fourth-order valence-corrected chi connectivity index (χ4v) is 5.96. The van der Waals surface area contributed by atoms with Gasteiger partial charge in [0.05, 0.1) is 30.4 Å². The third-order valence-electron chi connectivity index (χ3n) is 8.38. The fourth-order valence-electron chi connectivity index (χ4n) is 5.96. The number of rotatable bonds is 8. The van der Waals surface area contributed by atoms with Gasteiger partial charge in [0.1, 0.15) is 5.54 Å². The lowest BCUT2D eigenvalue weighted by Gasteiger charge is -2.52. The molecule has 9 nitrogen and oxygen atoms in total. The van der Waals surface area contributed by atoms with Crippen LogP contribution in [0.15, 0.2) is 36.4 Å². The van der Waals surface area contributed by atoms with E-state index in [1.807, 2.05) is 16.7 Å². The maximum atomic E-state index is 13.9. The summed E-state index contributed by atoms with van der Waals surface area (Å²) in [4.78, 5) is 18.6. The first kappa shape index (κ1) is 33.4. The number of halogens is 9. The Morgan fingerprint density at radius 3 is 1.98 bits per heavy atom. The van der Waals surface area contributed by atoms with Crippen molar-refractivity contribution < 1.29 is 44.3 Å². The van der Waals surface area contributed by atoms with Gasteiger partial charge in [-0.25, -0.2) is 0 Å². The summed E-state index contributed by atoms with van der Waals surface area (Å²) < 4.78 is 123. The molecule has 2 aliphatic heterocycles. The summed E-state index contributed by atoms with van der Waals surface area (Å²) in [6.07, 6.45) is -14.5. The fraction of sp³-hybridized carbons (Fsp3) is 0.500. The Hall–Kier alpha value is -3.93. The molecule has 0 bridgehead atoms. The van der Waals surface area contributed by atoms with Gasteiger partial charge in [-0.2, -0.15) is 44.3 Å². The van der Waals surface area contributed by atoms with Crippen LogP contribution in [-0.4, -0.2) is 68.3 Å². The van der Waals surface area contributed by atoms with E-state index in [0.29, 0.717) is 43.9 Å². The largest absolute Gasteiger partial charge is 0.416 e. The zero-order valence-corrected chi connectivity index (χ0v) is 24.7. The van der Waals surface area contributed by atoms with Crippen molar-refractivity contribution in [3.05, 3.63) is 69.8 Å². The van der Waals surface area contributed by atoms with Crippen molar-refractivity contribution >= 4 is 11.9 Å². The molecular weight excluding hydrogens is 635 g/mol. The number of nitrogens with zero attached hydrogens (tertiary/aromatic N) is 7. The van der Waals surface area contributed by atoms with Crippen molar-refractivity contribution in [2.45, 2.75) is 56.5 Å². The number of alkyl halides is 9. The Morgan fingerprint density at radius 1 is 0.891 bits per heavy atom. The predicted molar refractivity (Wildman–Crippen MR) is 145 cm³/mol. The number of likely N-dealkylation sites (N-methyl/N-ethyl adjacent to an activating group) is 1. The van der Waals surface area contributed by atoms with E-state index in [1.165, 1.54) is 18.0 Å². The molecule has 1 aromatic heterocycles. The van der Waals surface area contributed by atoms with Gasteiger partial charge in [-0.15, -0.1) is 5.10 Å². The maximum absolute atomic E-state index is 13.9. The Morgan fingerprint density at radius 2 is 1.50 bits per heavy atom. The highest BCUT2D eigenvalue weighted by Crippen LogP contribution is 2.41. The number of aryl methyl sites for hydroxylation is 1. The lowest BCUT2D eigenvalue weighted by Crippen LogP contribution is -2.71. The molecule has 1 spiro atoms. The third-order valence-corrected chi connectivity index (χ3v) is 8.38. The highest BCUT2D eigenvalue weighted by molar-refractivity contribution is 5.90. The minimum Gasteiger partial charge on any atom is -0.342 e. The molecule has 3 heterocycles. The van der Waals surface area contributed by atoms with E-state index < -0.39 is 65.5 Å². The van der Waals surface area contributed by atoms with Crippen LogP contribution in [0, 0.1) is 0 Å². The number of tetrazole rings is 1. The molecule has 1 unspecified atom stereocenters. The summed E-state index contributed by atoms with van der Waals surface area (Å²) >= 11 is 0. The van der Waals surface area contributed by atoms with E-state index in [9.17, 15) is 44.3 Å². The van der Waals surface area contributed by atoms with Crippen LogP contribution in [0.25, 0.3) is 0 Å². The lowest BCUT2D eigenvalue weighted by atomic mass is 9.84. The zero-order chi connectivity index (χ0) is 33.8. The first-order valence-corrected chi connectivity index (χ1v) is 14.0. The number of hydrogen-bond donors (Lipinski definition) is 1. The number of aromatic nitrogens is 4.